The third-order valence-corrected chi connectivity index (χ3v) is 3.04. The van der Waals surface area contributed by atoms with Crippen molar-refractivity contribution in [3.63, 3.8) is 0 Å². The molecule has 0 atom stereocenters. The Balaban J connectivity index is 2.23. The summed E-state index contributed by atoms with van der Waals surface area (Å²) in [7, 11) is 1.79. The van der Waals surface area contributed by atoms with E-state index in [4.69, 9.17) is 0 Å². The first-order valence-corrected chi connectivity index (χ1v) is 6.43. The van der Waals surface area contributed by atoms with Gasteiger partial charge in [0.1, 0.15) is 0 Å². The molecule has 16 heavy (non-hydrogen) atoms. The highest BCUT2D eigenvalue weighted by molar-refractivity contribution is 7.11. The molecular formula is C11H20N4S. The number of nitrogens with one attached hydrogen (secondary N) is 2. The van der Waals surface area contributed by atoms with Crippen molar-refractivity contribution in [2.45, 2.75) is 26.7 Å². The number of nitrogens with zero attached hydrogens (tertiary/aromatic N) is 2. The van der Waals surface area contributed by atoms with E-state index >= 15 is 0 Å². The maximum absolute atomic E-state index is 4.32. The second-order valence-corrected chi connectivity index (χ2v) is 4.86. The zero-order chi connectivity index (χ0) is 11.8. The number of rotatable bonds is 5. The molecule has 0 fully saturated rings. The Kier molecular flexibility index (Phi) is 5.85. The van der Waals surface area contributed by atoms with Gasteiger partial charge in [-0.1, -0.05) is 6.92 Å². The van der Waals surface area contributed by atoms with Crippen LogP contribution in [0.25, 0.3) is 0 Å². The minimum Gasteiger partial charge on any atom is -0.356 e. The topological polar surface area (TPSA) is 49.3 Å². The van der Waals surface area contributed by atoms with Gasteiger partial charge < -0.3 is 10.6 Å². The van der Waals surface area contributed by atoms with Crippen LogP contribution in [0.4, 0.5) is 0 Å². The predicted molar refractivity (Wildman–Crippen MR) is 70.2 cm³/mol. The summed E-state index contributed by atoms with van der Waals surface area (Å²) in [5, 5.41) is 7.68. The molecule has 0 aliphatic heterocycles. The van der Waals surface area contributed by atoms with Crippen molar-refractivity contribution >= 4 is 17.3 Å². The Morgan fingerprint density at radius 1 is 1.44 bits per heavy atom. The van der Waals surface area contributed by atoms with Gasteiger partial charge in [0.05, 0.1) is 5.01 Å². The van der Waals surface area contributed by atoms with Crippen LogP contribution in [0, 0.1) is 6.92 Å². The van der Waals surface area contributed by atoms with Crippen LogP contribution in [-0.2, 0) is 6.42 Å². The highest BCUT2D eigenvalue weighted by atomic mass is 32.1. The zero-order valence-electron chi connectivity index (χ0n) is 10.2. The molecular weight excluding hydrogens is 220 g/mol. The summed E-state index contributed by atoms with van der Waals surface area (Å²) in [6.07, 6.45) is 3.97. The molecule has 90 valence electrons. The van der Waals surface area contributed by atoms with Crippen molar-refractivity contribution in [3.8, 4) is 0 Å². The maximum Gasteiger partial charge on any atom is 0.190 e. The van der Waals surface area contributed by atoms with Gasteiger partial charge in [0.25, 0.3) is 0 Å². The molecule has 0 aromatic carbocycles. The van der Waals surface area contributed by atoms with E-state index in [1.165, 1.54) is 9.88 Å². The minimum atomic E-state index is 0.870. The first-order valence-electron chi connectivity index (χ1n) is 5.62. The standard InChI is InChI=1S/C11H20N4S/c1-4-6-13-11(12-3)14-7-5-10-15-8-9(2)16-10/h8H,4-7H2,1-3H3,(H2,12,13,14). The summed E-state index contributed by atoms with van der Waals surface area (Å²) in [4.78, 5) is 9.73. The molecule has 1 rings (SSSR count). The van der Waals surface area contributed by atoms with Crippen LogP contribution in [0.3, 0.4) is 0 Å². The van der Waals surface area contributed by atoms with Gasteiger partial charge in [0, 0.05) is 37.6 Å². The lowest BCUT2D eigenvalue weighted by Crippen LogP contribution is -2.38. The quantitative estimate of drug-likeness (QED) is 0.607. The van der Waals surface area contributed by atoms with Gasteiger partial charge in [0.2, 0.25) is 0 Å². The lowest BCUT2D eigenvalue weighted by molar-refractivity contribution is 0.772. The minimum absolute atomic E-state index is 0.870. The number of thiazole rings is 1. The van der Waals surface area contributed by atoms with Crippen molar-refractivity contribution in [1.82, 2.24) is 15.6 Å². The van der Waals surface area contributed by atoms with Gasteiger partial charge in [-0.3, -0.25) is 4.99 Å². The highest BCUT2D eigenvalue weighted by Crippen LogP contribution is 2.10. The van der Waals surface area contributed by atoms with E-state index in [0.29, 0.717) is 0 Å². The summed E-state index contributed by atoms with van der Waals surface area (Å²) in [6.45, 7) is 6.04. The molecule has 1 heterocycles. The largest absolute Gasteiger partial charge is 0.356 e. The predicted octanol–water partition coefficient (Wildman–Crippen LogP) is 1.57. The second-order valence-electron chi connectivity index (χ2n) is 3.54. The lowest BCUT2D eigenvalue weighted by Gasteiger charge is -2.09. The molecule has 1 aromatic heterocycles. The van der Waals surface area contributed by atoms with Gasteiger partial charge >= 0.3 is 0 Å². The molecule has 0 unspecified atom stereocenters. The number of hydrogen-bond donors (Lipinski definition) is 2. The van der Waals surface area contributed by atoms with E-state index < -0.39 is 0 Å². The molecule has 0 bridgehead atoms. The van der Waals surface area contributed by atoms with E-state index in [-0.39, 0.29) is 0 Å². The summed E-state index contributed by atoms with van der Waals surface area (Å²) in [5.41, 5.74) is 0. The fraction of sp³-hybridized carbons (Fsp3) is 0.636. The second kappa shape index (κ2) is 7.22. The molecule has 0 spiro atoms. The van der Waals surface area contributed by atoms with Crippen LogP contribution < -0.4 is 10.6 Å². The van der Waals surface area contributed by atoms with Crippen molar-refractivity contribution in [3.05, 3.63) is 16.1 Å². The van der Waals surface area contributed by atoms with E-state index in [1.54, 1.807) is 18.4 Å². The van der Waals surface area contributed by atoms with Crippen LogP contribution in [-0.4, -0.2) is 31.1 Å². The first kappa shape index (κ1) is 13.0. The Labute approximate surface area is 101 Å². The molecule has 0 aliphatic rings. The average molecular weight is 240 g/mol. The molecule has 1 aromatic rings. The van der Waals surface area contributed by atoms with Gasteiger partial charge in [-0.25, -0.2) is 4.98 Å². The van der Waals surface area contributed by atoms with Crippen LogP contribution in [0.2, 0.25) is 0 Å². The van der Waals surface area contributed by atoms with Crippen LogP contribution in [0.1, 0.15) is 23.2 Å². The Morgan fingerprint density at radius 3 is 2.75 bits per heavy atom. The van der Waals surface area contributed by atoms with Crippen molar-refractivity contribution in [1.29, 1.82) is 0 Å². The summed E-state index contributed by atoms with van der Waals surface area (Å²) < 4.78 is 0. The number of guanidine groups is 1. The van der Waals surface area contributed by atoms with E-state index in [0.717, 1.165) is 31.9 Å². The number of aromatic nitrogens is 1. The Hall–Kier alpha value is -1.10. The summed E-state index contributed by atoms with van der Waals surface area (Å²) >= 11 is 1.75. The highest BCUT2D eigenvalue weighted by Gasteiger charge is 1.99. The van der Waals surface area contributed by atoms with Gasteiger partial charge in [-0.15, -0.1) is 11.3 Å². The number of aliphatic imine (C=N–C) groups is 1. The molecule has 0 aliphatic carbocycles. The Morgan fingerprint density at radius 2 is 2.19 bits per heavy atom. The monoisotopic (exact) mass is 240 g/mol. The van der Waals surface area contributed by atoms with Crippen molar-refractivity contribution < 1.29 is 0 Å². The number of hydrogen-bond acceptors (Lipinski definition) is 3. The lowest BCUT2D eigenvalue weighted by atomic mass is 10.4. The van der Waals surface area contributed by atoms with Crippen LogP contribution in [0.15, 0.2) is 11.2 Å². The van der Waals surface area contributed by atoms with Gasteiger partial charge in [0.15, 0.2) is 5.96 Å². The molecule has 4 nitrogen and oxygen atoms in total. The van der Waals surface area contributed by atoms with Gasteiger partial charge in [-0.05, 0) is 13.3 Å². The van der Waals surface area contributed by atoms with Crippen LogP contribution in [0.5, 0.6) is 0 Å². The van der Waals surface area contributed by atoms with E-state index in [9.17, 15) is 0 Å². The van der Waals surface area contributed by atoms with Crippen molar-refractivity contribution in [2.75, 3.05) is 20.1 Å². The van der Waals surface area contributed by atoms with E-state index in [2.05, 4.69) is 34.5 Å². The molecule has 0 amide bonds. The fourth-order valence-electron chi connectivity index (χ4n) is 1.27. The molecule has 0 radical (unpaired) electrons. The zero-order valence-corrected chi connectivity index (χ0v) is 11.0. The maximum atomic E-state index is 4.32. The van der Waals surface area contributed by atoms with Gasteiger partial charge in [-0.2, -0.15) is 0 Å². The molecule has 2 N–H and O–H groups in total. The van der Waals surface area contributed by atoms with E-state index in [1.807, 2.05) is 6.20 Å². The summed E-state index contributed by atoms with van der Waals surface area (Å²) in [5.74, 6) is 0.870. The number of aryl methyl sites for hydroxylation is 1. The fourth-order valence-corrected chi connectivity index (χ4v) is 2.06. The normalized spacial score (nSPS) is 11.6. The van der Waals surface area contributed by atoms with Crippen molar-refractivity contribution in [2.24, 2.45) is 4.99 Å². The third-order valence-electron chi connectivity index (χ3n) is 2.07. The molecule has 0 saturated carbocycles. The average Bonchev–Trinajstić information content (AvgIpc) is 2.69. The van der Waals surface area contributed by atoms with Crippen LogP contribution >= 0.6 is 11.3 Å². The molecule has 5 heteroatoms. The summed E-state index contributed by atoms with van der Waals surface area (Å²) in [6, 6.07) is 0. The SMILES string of the molecule is CCCNC(=NC)NCCc1ncc(C)s1. The first-order chi connectivity index (χ1) is 7.76. The molecule has 0 saturated heterocycles. The third kappa shape index (κ3) is 4.61. The smallest absolute Gasteiger partial charge is 0.190 e. The Bertz CT molecular complexity index is 332.